The molecule has 0 amide bonds. The number of para-hydroxylation sites is 1. The first kappa shape index (κ1) is 39.9. The molecule has 0 N–H and O–H groups in total. The third-order valence-corrected chi connectivity index (χ3v) is 13.4. The molecule has 312 valence electrons. The first-order valence-corrected chi connectivity index (χ1v) is 22.8. The highest BCUT2D eigenvalue weighted by atomic mass is 15.2. The van der Waals surface area contributed by atoms with E-state index >= 15 is 0 Å². The Morgan fingerprint density at radius 2 is 0.815 bits per heavy atom. The van der Waals surface area contributed by atoms with Gasteiger partial charge in [0.25, 0.3) is 0 Å². The normalized spacial score (nSPS) is 13.4. The summed E-state index contributed by atoms with van der Waals surface area (Å²) in [6.45, 7) is 4.76. The Hall–Kier alpha value is -7.94. The quantitative estimate of drug-likeness (QED) is 0.135. The van der Waals surface area contributed by atoms with Crippen LogP contribution in [0.2, 0.25) is 0 Å². The van der Waals surface area contributed by atoms with Crippen molar-refractivity contribution in [3.05, 3.63) is 259 Å². The smallest absolute Gasteiger partial charge is 0.0543 e. The summed E-state index contributed by atoms with van der Waals surface area (Å²) in [7, 11) is 0. The van der Waals surface area contributed by atoms with Crippen LogP contribution in [-0.2, 0) is 5.41 Å². The van der Waals surface area contributed by atoms with Crippen LogP contribution in [-0.4, -0.2) is 0 Å². The van der Waals surface area contributed by atoms with Gasteiger partial charge in [0.2, 0.25) is 0 Å². The van der Waals surface area contributed by atoms with Gasteiger partial charge in [0, 0.05) is 39.4 Å². The number of benzene rings is 9. The lowest BCUT2D eigenvalue weighted by molar-refractivity contribution is 0.660. The number of nitrogens with zero attached hydrogens (tertiary/aromatic N) is 2. The van der Waals surface area contributed by atoms with Crippen LogP contribution in [0.5, 0.6) is 0 Å². The molecule has 0 saturated heterocycles. The summed E-state index contributed by atoms with van der Waals surface area (Å²) in [6.07, 6.45) is 8.87. The van der Waals surface area contributed by atoms with Gasteiger partial charge in [-0.2, -0.15) is 0 Å². The molecule has 2 nitrogen and oxygen atoms in total. The second-order valence-corrected chi connectivity index (χ2v) is 17.7. The van der Waals surface area contributed by atoms with Crippen molar-refractivity contribution in [1.82, 2.24) is 0 Å². The molecule has 0 heterocycles. The summed E-state index contributed by atoms with van der Waals surface area (Å²) in [4.78, 5) is 4.84. The van der Waals surface area contributed by atoms with Crippen molar-refractivity contribution in [3.63, 3.8) is 0 Å². The number of anilines is 6. The molecule has 2 heteroatoms. The van der Waals surface area contributed by atoms with Gasteiger partial charge in [-0.1, -0.05) is 190 Å². The van der Waals surface area contributed by atoms with Crippen LogP contribution in [0, 0.1) is 0 Å². The van der Waals surface area contributed by atoms with Gasteiger partial charge < -0.3 is 9.80 Å². The highest BCUT2D eigenvalue weighted by molar-refractivity contribution is 5.96. The van der Waals surface area contributed by atoms with Crippen molar-refractivity contribution in [3.8, 4) is 44.5 Å². The van der Waals surface area contributed by atoms with Crippen LogP contribution in [0.25, 0.3) is 50.1 Å². The summed E-state index contributed by atoms with van der Waals surface area (Å²) < 4.78 is 0. The summed E-state index contributed by atoms with van der Waals surface area (Å²) in [5.74, 6) is 0. The molecular formula is C63H50N2. The van der Waals surface area contributed by atoms with Gasteiger partial charge in [-0.25, -0.2) is 0 Å². The molecular weight excluding hydrogens is 785 g/mol. The molecule has 0 fully saturated rings. The lowest BCUT2D eigenvalue weighted by atomic mass is 9.82. The van der Waals surface area contributed by atoms with Gasteiger partial charge in [-0.05, 0) is 141 Å². The van der Waals surface area contributed by atoms with E-state index in [0.717, 1.165) is 47.0 Å². The average Bonchev–Trinajstić information content (AvgIpc) is 3.61. The predicted octanol–water partition coefficient (Wildman–Crippen LogP) is 17.7. The molecule has 0 radical (unpaired) electrons. The van der Waals surface area contributed by atoms with Crippen LogP contribution in [0.3, 0.4) is 0 Å². The summed E-state index contributed by atoms with van der Waals surface area (Å²) in [6, 6.07) is 82.1. The molecule has 0 unspecified atom stereocenters. The molecule has 0 aliphatic heterocycles. The van der Waals surface area contributed by atoms with E-state index in [4.69, 9.17) is 0 Å². The number of allylic oxidation sites excluding steroid dienone is 4. The SMILES string of the molecule is CC1(C)c2cc(N(c3ccccc3)c3ccc(-c4ccc(C5=CC=CCC5)cc4)cc3)ccc2-c2c(N(c3ccc(-c4ccccc4)cc3)c3ccc(-c4ccccc4)cc3)cccc21. The minimum Gasteiger partial charge on any atom is -0.310 e. The van der Waals surface area contributed by atoms with Crippen molar-refractivity contribution in [1.29, 1.82) is 0 Å². The van der Waals surface area contributed by atoms with Crippen molar-refractivity contribution in [2.45, 2.75) is 32.1 Å². The summed E-state index contributed by atoms with van der Waals surface area (Å²) in [5.41, 5.74) is 21.7. The van der Waals surface area contributed by atoms with Gasteiger partial charge in [0.1, 0.15) is 0 Å². The van der Waals surface area contributed by atoms with Crippen LogP contribution in [0.4, 0.5) is 34.1 Å². The minimum absolute atomic E-state index is 0.251. The van der Waals surface area contributed by atoms with Gasteiger partial charge in [0.05, 0.1) is 5.69 Å². The van der Waals surface area contributed by atoms with Crippen molar-refractivity contribution in [2.24, 2.45) is 0 Å². The number of hydrogen-bond donors (Lipinski definition) is 0. The molecule has 11 rings (SSSR count). The first-order chi connectivity index (χ1) is 32.0. The van der Waals surface area contributed by atoms with Gasteiger partial charge in [-0.3, -0.25) is 0 Å². The van der Waals surface area contributed by atoms with Gasteiger partial charge in [0.15, 0.2) is 0 Å². The van der Waals surface area contributed by atoms with E-state index in [1.165, 1.54) is 66.8 Å². The maximum atomic E-state index is 2.44. The highest BCUT2D eigenvalue weighted by Gasteiger charge is 2.38. The maximum Gasteiger partial charge on any atom is 0.0543 e. The van der Waals surface area contributed by atoms with E-state index < -0.39 is 0 Å². The maximum absolute atomic E-state index is 2.44. The zero-order chi connectivity index (χ0) is 43.7. The zero-order valence-corrected chi connectivity index (χ0v) is 36.9. The average molecular weight is 835 g/mol. The molecule has 9 aromatic carbocycles. The Balaban J connectivity index is 0.986. The first-order valence-electron chi connectivity index (χ1n) is 22.8. The number of hydrogen-bond acceptors (Lipinski definition) is 2. The molecule has 0 spiro atoms. The summed E-state index contributed by atoms with van der Waals surface area (Å²) >= 11 is 0. The Labute approximate surface area is 383 Å². The van der Waals surface area contributed by atoms with E-state index in [1.807, 2.05) is 0 Å². The molecule has 2 aliphatic rings. The van der Waals surface area contributed by atoms with E-state index in [9.17, 15) is 0 Å². The monoisotopic (exact) mass is 834 g/mol. The van der Waals surface area contributed by atoms with Gasteiger partial charge in [-0.15, -0.1) is 0 Å². The Morgan fingerprint density at radius 3 is 1.34 bits per heavy atom. The molecule has 65 heavy (non-hydrogen) atoms. The van der Waals surface area contributed by atoms with Crippen molar-refractivity contribution in [2.75, 3.05) is 9.80 Å². The third kappa shape index (κ3) is 7.58. The fourth-order valence-corrected chi connectivity index (χ4v) is 9.92. The van der Waals surface area contributed by atoms with Crippen molar-refractivity contribution >= 4 is 39.7 Å². The van der Waals surface area contributed by atoms with Crippen LogP contribution < -0.4 is 9.80 Å². The predicted molar refractivity (Wildman–Crippen MR) is 276 cm³/mol. The van der Waals surface area contributed by atoms with Crippen LogP contribution in [0.1, 0.15) is 43.4 Å². The second-order valence-electron chi connectivity index (χ2n) is 17.7. The molecule has 9 aromatic rings. The standard InChI is InChI=1S/C63H50N2/c1-63(2)59-24-15-25-61(65(55-38-32-50(33-39-55)46-18-9-4-10-19-46)56-40-34-51(35-41-56)47-20-11-5-12-21-47)62(59)58-43-42-57(44-60(58)63)64(53-22-13-6-14-23-53)54-36-30-52(31-37-54)49-28-26-48(27-29-49)45-16-7-3-8-17-45/h3-7,9-16,18-44H,8,17H2,1-2H3. The number of rotatable bonds is 10. The Bertz CT molecular complexity index is 3080. The molecule has 0 aromatic heterocycles. The lowest BCUT2D eigenvalue weighted by Gasteiger charge is -2.29. The largest absolute Gasteiger partial charge is 0.310 e. The minimum atomic E-state index is -0.251. The fraction of sp³-hybridized carbons (Fsp3) is 0.0794. The Kier molecular flexibility index (Phi) is 10.4. The third-order valence-electron chi connectivity index (χ3n) is 13.4. The summed E-state index contributed by atoms with van der Waals surface area (Å²) in [5, 5.41) is 0. The molecule has 2 aliphatic carbocycles. The van der Waals surface area contributed by atoms with E-state index in [1.54, 1.807) is 0 Å². The second kappa shape index (κ2) is 17.0. The Morgan fingerprint density at radius 1 is 0.369 bits per heavy atom. The van der Waals surface area contributed by atoms with Crippen LogP contribution >= 0.6 is 0 Å². The zero-order valence-electron chi connectivity index (χ0n) is 36.9. The van der Waals surface area contributed by atoms with E-state index in [2.05, 4.69) is 266 Å². The van der Waals surface area contributed by atoms with Crippen molar-refractivity contribution < 1.29 is 0 Å². The molecule has 0 atom stereocenters. The fourth-order valence-electron chi connectivity index (χ4n) is 9.92. The molecule has 0 bridgehead atoms. The lowest BCUT2D eigenvalue weighted by Crippen LogP contribution is -2.17. The highest BCUT2D eigenvalue weighted by Crippen LogP contribution is 2.55. The van der Waals surface area contributed by atoms with E-state index in [0.29, 0.717) is 0 Å². The molecule has 0 saturated carbocycles. The number of fused-ring (bicyclic) bond motifs is 3. The topological polar surface area (TPSA) is 6.48 Å². The van der Waals surface area contributed by atoms with E-state index in [-0.39, 0.29) is 5.41 Å². The van der Waals surface area contributed by atoms with Crippen LogP contribution in [0.15, 0.2) is 243 Å². The van der Waals surface area contributed by atoms with Gasteiger partial charge >= 0.3 is 0 Å².